The maximum absolute atomic E-state index is 12.4. The van der Waals surface area contributed by atoms with Crippen LogP contribution in [-0.2, 0) is 24.9 Å². The molecule has 2 aromatic carbocycles. The minimum absolute atomic E-state index is 0.0978. The lowest BCUT2D eigenvalue weighted by Gasteiger charge is -2.32. The summed E-state index contributed by atoms with van der Waals surface area (Å²) in [7, 11) is 1.98. The van der Waals surface area contributed by atoms with Gasteiger partial charge in [-0.3, -0.25) is 14.4 Å². The molecule has 1 aliphatic heterocycles. The van der Waals surface area contributed by atoms with Crippen LogP contribution >= 0.6 is 11.6 Å². The van der Waals surface area contributed by atoms with Crippen molar-refractivity contribution >= 4 is 17.5 Å². The molecule has 168 valence electrons. The van der Waals surface area contributed by atoms with Gasteiger partial charge in [0.2, 0.25) is 5.91 Å². The molecule has 1 fully saturated rings. The molecule has 0 bridgehead atoms. The number of rotatable bonds is 8. The second-order valence-electron chi connectivity index (χ2n) is 8.69. The van der Waals surface area contributed by atoms with Crippen molar-refractivity contribution in [2.45, 2.75) is 38.8 Å². The number of piperidine rings is 1. The van der Waals surface area contributed by atoms with Crippen molar-refractivity contribution < 1.29 is 4.79 Å². The van der Waals surface area contributed by atoms with Crippen molar-refractivity contribution in [3.63, 3.8) is 0 Å². The summed E-state index contributed by atoms with van der Waals surface area (Å²) in [5, 5.41) is 8.41. The van der Waals surface area contributed by atoms with Crippen molar-refractivity contribution in [2.75, 3.05) is 13.1 Å². The fourth-order valence-corrected chi connectivity index (χ4v) is 4.73. The van der Waals surface area contributed by atoms with Gasteiger partial charge in [0.1, 0.15) is 0 Å². The first kappa shape index (κ1) is 22.6. The van der Waals surface area contributed by atoms with Gasteiger partial charge in [-0.2, -0.15) is 5.10 Å². The predicted octanol–water partition coefficient (Wildman–Crippen LogP) is 5.05. The Morgan fingerprint density at radius 2 is 1.91 bits per heavy atom. The van der Waals surface area contributed by atoms with Gasteiger partial charge in [0, 0.05) is 55.4 Å². The molecule has 1 aromatic heterocycles. The fraction of sp³-hybridized carbons (Fsp3) is 0.385. The zero-order chi connectivity index (χ0) is 22.3. The van der Waals surface area contributed by atoms with Gasteiger partial charge in [-0.15, -0.1) is 0 Å². The molecule has 1 atom stereocenters. The number of nitrogens with one attached hydrogen (secondary N) is 1. The second-order valence-corrected chi connectivity index (χ2v) is 9.10. The molecule has 5 nitrogen and oxygen atoms in total. The van der Waals surface area contributed by atoms with Crippen LogP contribution in [0.3, 0.4) is 0 Å². The molecule has 1 N–H and O–H groups in total. The second kappa shape index (κ2) is 10.8. The minimum Gasteiger partial charge on any atom is -0.352 e. The van der Waals surface area contributed by atoms with Crippen molar-refractivity contribution in [3.05, 3.63) is 76.9 Å². The van der Waals surface area contributed by atoms with Crippen LogP contribution in [-0.4, -0.2) is 33.7 Å². The maximum Gasteiger partial charge on any atom is 0.220 e. The van der Waals surface area contributed by atoms with Gasteiger partial charge in [0.15, 0.2) is 0 Å². The van der Waals surface area contributed by atoms with E-state index in [-0.39, 0.29) is 5.91 Å². The molecule has 1 amide bonds. The number of likely N-dealkylation sites (tertiary alicyclic amines) is 1. The Balaban J connectivity index is 1.28. The Hall–Kier alpha value is -2.63. The van der Waals surface area contributed by atoms with Gasteiger partial charge in [-0.05, 0) is 43.4 Å². The first-order valence-corrected chi connectivity index (χ1v) is 11.8. The Labute approximate surface area is 195 Å². The molecule has 6 heteroatoms. The third-order valence-electron chi connectivity index (χ3n) is 6.16. The Bertz CT molecular complexity index is 1030. The summed E-state index contributed by atoms with van der Waals surface area (Å²) in [4.78, 5) is 14.9. The molecule has 1 aliphatic rings. The van der Waals surface area contributed by atoms with Crippen LogP contribution in [0, 0.1) is 5.92 Å². The number of benzene rings is 2. The summed E-state index contributed by atoms with van der Waals surface area (Å²) in [5.74, 6) is 0.646. The van der Waals surface area contributed by atoms with Gasteiger partial charge in [0.25, 0.3) is 0 Å². The van der Waals surface area contributed by atoms with Crippen LogP contribution in [0.5, 0.6) is 0 Å². The number of carbonyl (C=O) groups is 1. The molecule has 0 aliphatic carbocycles. The van der Waals surface area contributed by atoms with Crippen molar-refractivity contribution in [1.29, 1.82) is 0 Å². The molecule has 2 heterocycles. The van der Waals surface area contributed by atoms with E-state index in [1.165, 1.54) is 18.4 Å². The number of aryl methyl sites for hydroxylation is 1. The van der Waals surface area contributed by atoms with Crippen molar-refractivity contribution in [2.24, 2.45) is 13.0 Å². The van der Waals surface area contributed by atoms with Gasteiger partial charge < -0.3 is 5.32 Å². The van der Waals surface area contributed by atoms with E-state index in [0.717, 1.165) is 42.9 Å². The van der Waals surface area contributed by atoms with Crippen molar-refractivity contribution in [1.82, 2.24) is 20.0 Å². The van der Waals surface area contributed by atoms with Crippen LogP contribution in [0.2, 0.25) is 5.02 Å². The van der Waals surface area contributed by atoms with Gasteiger partial charge in [0.05, 0.1) is 5.69 Å². The van der Waals surface area contributed by atoms with E-state index in [4.69, 9.17) is 16.7 Å². The molecule has 0 unspecified atom stereocenters. The number of hydrogen-bond donors (Lipinski definition) is 1. The van der Waals surface area contributed by atoms with Gasteiger partial charge in [-0.25, -0.2) is 0 Å². The summed E-state index contributed by atoms with van der Waals surface area (Å²) in [6.45, 7) is 3.51. The zero-order valence-corrected chi connectivity index (χ0v) is 19.4. The monoisotopic (exact) mass is 450 g/mol. The van der Waals surface area contributed by atoms with Crippen LogP contribution in [0.1, 0.15) is 36.8 Å². The minimum atomic E-state index is 0.0978. The van der Waals surface area contributed by atoms with Crippen LogP contribution in [0.4, 0.5) is 0 Å². The molecular weight excluding hydrogens is 420 g/mol. The standard InChI is InChI=1S/C26H31ClN4O/c1-30-18-23(26(29-30)21-9-3-2-4-10-21)19-31-15-7-8-20(17-31)13-14-25(32)28-16-22-11-5-6-12-24(22)27/h2-6,9-12,18,20H,7-8,13-17,19H2,1H3,(H,28,32)/t20-/m0/s1. The highest BCUT2D eigenvalue weighted by molar-refractivity contribution is 6.31. The van der Waals surface area contributed by atoms with E-state index in [9.17, 15) is 4.79 Å². The lowest BCUT2D eigenvalue weighted by molar-refractivity contribution is -0.121. The average Bonchev–Trinajstić information content (AvgIpc) is 3.18. The van der Waals surface area contributed by atoms with Gasteiger partial charge in [-0.1, -0.05) is 60.1 Å². The highest BCUT2D eigenvalue weighted by atomic mass is 35.5. The number of amides is 1. The summed E-state index contributed by atoms with van der Waals surface area (Å²) in [6, 6.07) is 18.0. The number of nitrogens with zero attached hydrogens (tertiary/aromatic N) is 3. The number of aromatic nitrogens is 2. The van der Waals surface area contributed by atoms with E-state index in [1.807, 2.05) is 42.1 Å². The van der Waals surface area contributed by atoms with E-state index in [1.54, 1.807) is 0 Å². The topological polar surface area (TPSA) is 50.2 Å². The number of carbonyl (C=O) groups excluding carboxylic acids is 1. The van der Waals surface area contributed by atoms with Crippen LogP contribution in [0.25, 0.3) is 11.3 Å². The van der Waals surface area contributed by atoms with E-state index in [0.29, 0.717) is 23.9 Å². The third kappa shape index (κ3) is 5.99. The Kier molecular flexibility index (Phi) is 7.61. The van der Waals surface area contributed by atoms with Crippen LogP contribution < -0.4 is 5.32 Å². The zero-order valence-electron chi connectivity index (χ0n) is 18.6. The Morgan fingerprint density at radius 3 is 2.72 bits per heavy atom. The van der Waals surface area contributed by atoms with E-state index in [2.05, 4.69) is 40.7 Å². The molecule has 4 rings (SSSR count). The molecule has 0 spiro atoms. The first-order chi connectivity index (χ1) is 15.6. The fourth-order valence-electron chi connectivity index (χ4n) is 4.52. The summed E-state index contributed by atoms with van der Waals surface area (Å²) in [5.41, 5.74) is 4.44. The Morgan fingerprint density at radius 1 is 1.12 bits per heavy atom. The average molecular weight is 451 g/mol. The molecule has 1 saturated heterocycles. The lowest BCUT2D eigenvalue weighted by Crippen LogP contribution is -2.35. The van der Waals surface area contributed by atoms with Gasteiger partial charge >= 0.3 is 0 Å². The molecular formula is C26H31ClN4O. The number of halogens is 1. The lowest BCUT2D eigenvalue weighted by atomic mass is 9.93. The highest BCUT2D eigenvalue weighted by Crippen LogP contribution is 2.26. The normalized spacial score (nSPS) is 16.8. The maximum atomic E-state index is 12.4. The summed E-state index contributed by atoms with van der Waals surface area (Å²) >= 11 is 6.18. The van der Waals surface area contributed by atoms with E-state index < -0.39 is 0 Å². The SMILES string of the molecule is Cn1cc(CN2CCC[C@@H](CCC(=O)NCc3ccccc3Cl)C2)c(-c2ccccc2)n1. The molecule has 0 saturated carbocycles. The van der Waals surface area contributed by atoms with Crippen LogP contribution in [0.15, 0.2) is 60.8 Å². The smallest absolute Gasteiger partial charge is 0.220 e. The largest absolute Gasteiger partial charge is 0.352 e. The molecule has 3 aromatic rings. The molecule has 0 radical (unpaired) electrons. The third-order valence-corrected chi connectivity index (χ3v) is 6.53. The first-order valence-electron chi connectivity index (χ1n) is 11.4. The van der Waals surface area contributed by atoms with Crippen molar-refractivity contribution in [3.8, 4) is 11.3 Å². The number of hydrogen-bond acceptors (Lipinski definition) is 3. The summed E-state index contributed by atoms with van der Waals surface area (Å²) in [6.07, 6.45) is 5.97. The highest BCUT2D eigenvalue weighted by Gasteiger charge is 2.22. The summed E-state index contributed by atoms with van der Waals surface area (Å²) < 4.78 is 1.91. The molecule has 32 heavy (non-hydrogen) atoms. The predicted molar refractivity (Wildman–Crippen MR) is 129 cm³/mol. The quantitative estimate of drug-likeness (QED) is 0.522. The van der Waals surface area contributed by atoms with E-state index >= 15 is 0 Å².